The second-order valence-corrected chi connectivity index (χ2v) is 11.2. The number of hydrogen-bond acceptors (Lipinski definition) is 5. The monoisotopic (exact) mass is 500 g/mol. The molecular formula is C23H31F3N4O3S. The van der Waals surface area contributed by atoms with Gasteiger partial charge in [0.05, 0.1) is 25.7 Å². The number of fused-ring (bicyclic) bond motifs is 1. The Hall–Kier alpha value is -2.27. The van der Waals surface area contributed by atoms with Gasteiger partial charge in [-0.2, -0.15) is 17.5 Å². The minimum Gasteiger partial charge on any atom is -0.497 e. The Morgan fingerprint density at radius 3 is 2.53 bits per heavy atom. The average molecular weight is 501 g/mol. The zero-order chi connectivity index (χ0) is 24.5. The number of benzene rings is 1. The molecule has 2 heterocycles. The van der Waals surface area contributed by atoms with Gasteiger partial charge in [-0.15, -0.1) is 0 Å². The summed E-state index contributed by atoms with van der Waals surface area (Å²) in [6.45, 7) is -0.235. The molecule has 2 aliphatic rings. The van der Waals surface area contributed by atoms with Crippen molar-refractivity contribution in [1.82, 2.24) is 13.9 Å². The molecule has 0 amide bonds. The van der Waals surface area contributed by atoms with Gasteiger partial charge in [0, 0.05) is 38.1 Å². The van der Waals surface area contributed by atoms with Gasteiger partial charge in [0.1, 0.15) is 5.75 Å². The predicted molar refractivity (Wildman–Crippen MR) is 123 cm³/mol. The first-order valence-corrected chi connectivity index (χ1v) is 13.0. The molecule has 0 bridgehead atoms. The van der Waals surface area contributed by atoms with E-state index in [0.29, 0.717) is 40.2 Å². The normalized spacial score (nSPS) is 20.4. The van der Waals surface area contributed by atoms with Crippen LogP contribution in [0.5, 0.6) is 5.75 Å². The maximum absolute atomic E-state index is 13.6. The molecule has 4 rings (SSSR count). The van der Waals surface area contributed by atoms with Crippen molar-refractivity contribution in [2.45, 2.75) is 63.2 Å². The molecule has 7 nitrogen and oxygen atoms in total. The van der Waals surface area contributed by atoms with Crippen molar-refractivity contribution in [2.24, 2.45) is 13.0 Å². The van der Waals surface area contributed by atoms with Crippen molar-refractivity contribution in [3.8, 4) is 5.75 Å². The van der Waals surface area contributed by atoms with E-state index >= 15 is 0 Å². The number of methoxy groups -OCH3 is 1. The molecule has 1 unspecified atom stereocenters. The van der Waals surface area contributed by atoms with E-state index in [0.717, 1.165) is 25.0 Å². The number of halogens is 3. The van der Waals surface area contributed by atoms with E-state index in [9.17, 15) is 21.6 Å². The first kappa shape index (κ1) is 24.8. The molecular weight excluding hydrogens is 469 g/mol. The first-order chi connectivity index (χ1) is 16.1. The number of ether oxygens (including phenoxy) is 1. The summed E-state index contributed by atoms with van der Waals surface area (Å²) >= 11 is 0. The van der Waals surface area contributed by atoms with Crippen molar-refractivity contribution in [2.75, 3.05) is 18.6 Å². The Kier molecular flexibility index (Phi) is 7.14. The fraction of sp³-hybridized carbons (Fsp3) is 0.609. The predicted octanol–water partition coefficient (Wildman–Crippen LogP) is 4.44. The molecule has 34 heavy (non-hydrogen) atoms. The maximum Gasteiger partial charge on any atom is 0.511 e. The van der Waals surface area contributed by atoms with Gasteiger partial charge >= 0.3 is 15.5 Å². The Morgan fingerprint density at radius 1 is 1.18 bits per heavy atom. The summed E-state index contributed by atoms with van der Waals surface area (Å²) in [5.74, 6) is 0.994. The Balaban J connectivity index is 1.75. The topological polar surface area (TPSA) is 67.7 Å². The van der Waals surface area contributed by atoms with E-state index in [1.165, 1.54) is 20.0 Å². The van der Waals surface area contributed by atoms with Gasteiger partial charge < -0.3 is 14.2 Å². The largest absolute Gasteiger partial charge is 0.511 e. The van der Waals surface area contributed by atoms with Crippen molar-refractivity contribution < 1.29 is 26.3 Å². The molecule has 0 spiro atoms. The number of hydrogen-bond donors (Lipinski definition) is 0. The molecule has 1 aliphatic carbocycles. The summed E-state index contributed by atoms with van der Waals surface area (Å²) < 4.78 is 73.5. The SMILES string of the molecule is COc1ccc2c(c1)CN(S(=O)(=O)C(F)(F)F)CC(CCC1CCCC1)N2Cc1cn(C)cn1. The van der Waals surface area contributed by atoms with Crippen molar-refractivity contribution in [3.63, 3.8) is 0 Å². The van der Waals surface area contributed by atoms with E-state index in [4.69, 9.17) is 4.74 Å². The van der Waals surface area contributed by atoms with Gasteiger partial charge in [-0.3, -0.25) is 0 Å². The maximum atomic E-state index is 13.6. The van der Waals surface area contributed by atoms with Crippen LogP contribution in [-0.4, -0.2) is 47.5 Å². The zero-order valence-electron chi connectivity index (χ0n) is 19.5. The number of rotatable bonds is 7. The van der Waals surface area contributed by atoms with E-state index in [1.807, 2.05) is 28.8 Å². The number of anilines is 1. The molecule has 11 heteroatoms. The third kappa shape index (κ3) is 5.19. The van der Waals surface area contributed by atoms with Crippen LogP contribution in [0.1, 0.15) is 49.8 Å². The molecule has 188 valence electrons. The van der Waals surface area contributed by atoms with Crippen LogP contribution in [0.4, 0.5) is 18.9 Å². The summed E-state index contributed by atoms with van der Waals surface area (Å²) in [6, 6.07) is 4.77. The summed E-state index contributed by atoms with van der Waals surface area (Å²) in [4.78, 5) is 6.44. The lowest BCUT2D eigenvalue weighted by molar-refractivity contribution is -0.0492. The van der Waals surface area contributed by atoms with Gasteiger partial charge in [-0.05, 0) is 42.5 Å². The van der Waals surface area contributed by atoms with Crippen LogP contribution >= 0.6 is 0 Å². The second-order valence-electron chi connectivity index (χ2n) is 9.28. The highest BCUT2D eigenvalue weighted by Gasteiger charge is 2.51. The van der Waals surface area contributed by atoms with Crippen LogP contribution in [0.2, 0.25) is 0 Å². The van der Waals surface area contributed by atoms with Crippen LogP contribution < -0.4 is 9.64 Å². The Morgan fingerprint density at radius 2 is 1.91 bits per heavy atom. The van der Waals surface area contributed by atoms with E-state index < -0.39 is 21.6 Å². The van der Waals surface area contributed by atoms with Gasteiger partial charge in [0.2, 0.25) is 0 Å². The molecule has 1 aromatic carbocycles. The molecule has 0 saturated heterocycles. The highest BCUT2D eigenvalue weighted by atomic mass is 32.2. The number of aromatic nitrogens is 2. The molecule has 0 N–H and O–H groups in total. The third-order valence-corrected chi connectivity index (χ3v) is 8.45. The smallest absolute Gasteiger partial charge is 0.497 e. The first-order valence-electron chi connectivity index (χ1n) is 11.6. The summed E-state index contributed by atoms with van der Waals surface area (Å²) in [7, 11) is -2.18. The molecule has 2 aromatic rings. The summed E-state index contributed by atoms with van der Waals surface area (Å²) in [6.07, 6.45) is 9.58. The third-order valence-electron chi connectivity index (χ3n) is 6.90. The van der Waals surface area contributed by atoms with Crippen molar-refractivity contribution in [3.05, 3.63) is 42.0 Å². The molecule has 0 radical (unpaired) electrons. The molecule has 1 saturated carbocycles. The van der Waals surface area contributed by atoms with Crippen LogP contribution in [0.3, 0.4) is 0 Å². The lowest BCUT2D eigenvalue weighted by Crippen LogP contribution is -2.47. The Bertz CT molecular complexity index is 1100. The minimum absolute atomic E-state index is 0.238. The Labute approximate surface area is 198 Å². The van der Waals surface area contributed by atoms with Gasteiger partial charge in [0.25, 0.3) is 0 Å². The fourth-order valence-electron chi connectivity index (χ4n) is 5.12. The van der Waals surface area contributed by atoms with Crippen LogP contribution in [0.25, 0.3) is 0 Å². The standard InChI is InChI=1S/C23H31F3N4O3S/c1-28-13-19(27-16-28)14-30-20(8-7-17-5-3-4-6-17)15-29(34(31,32)23(24,25)26)12-18-11-21(33-2)9-10-22(18)30/h9-11,13,16-17,20H,3-8,12,14-15H2,1-2H3. The summed E-state index contributed by atoms with van der Waals surface area (Å²) in [5.41, 5.74) is -3.41. The van der Waals surface area contributed by atoms with Gasteiger partial charge in [-0.25, -0.2) is 13.4 Å². The number of nitrogens with zero attached hydrogens (tertiary/aromatic N) is 4. The summed E-state index contributed by atoms with van der Waals surface area (Å²) in [5, 5.41) is 0. The average Bonchev–Trinajstić information content (AvgIpc) is 3.42. The number of sulfonamides is 1. The highest BCUT2D eigenvalue weighted by Crippen LogP contribution is 2.38. The molecule has 1 fully saturated rings. The van der Waals surface area contributed by atoms with Crippen molar-refractivity contribution >= 4 is 15.7 Å². The minimum atomic E-state index is -5.50. The second kappa shape index (κ2) is 9.77. The van der Waals surface area contributed by atoms with Crippen LogP contribution in [0, 0.1) is 5.92 Å². The number of alkyl halides is 3. The zero-order valence-corrected chi connectivity index (χ0v) is 20.3. The van der Waals surface area contributed by atoms with E-state index in [1.54, 1.807) is 18.5 Å². The molecule has 1 aliphatic heterocycles. The quantitative estimate of drug-likeness (QED) is 0.562. The van der Waals surface area contributed by atoms with E-state index in [-0.39, 0.29) is 13.1 Å². The van der Waals surface area contributed by atoms with Gasteiger partial charge in [0.15, 0.2) is 0 Å². The fourth-order valence-corrected chi connectivity index (χ4v) is 6.09. The van der Waals surface area contributed by atoms with Crippen molar-refractivity contribution in [1.29, 1.82) is 0 Å². The molecule has 1 atom stereocenters. The lowest BCUT2D eigenvalue weighted by atomic mass is 9.97. The highest BCUT2D eigenvalue weighted by molar-refractivity contribution is 7.89. The number of imidazole rings is 1. The van der Waals surface area contributed by atoms with Crippen LogP contribution in [-0.2, 0) is 30.2 Å². The van der Waals surface area contributed by atoms with E-state index in [2.05, 4.69) is 4.98 Å². The number of aryl methyl sites for hydroxylation is 1. The van der Waals surface area contributed by atoms with Gasteiger partial charge in [-0.1, -0.05) is 25.7 Å². The molecule has 1 aromatic heterocycles. The van der Waals surface area contributed by atoms with Crippen LogP contribution in [0.15, 0.2) is 30.7 Å². The lowest BCUT2D eigenvalue weighted by Gasteiger charge is -2.34.